The second-order valence-corrected chi connectivity index (χ2v) is 7.25. The first-order valence-electron chi connectivity index (χ1n) is 9.34. The lowest BCUT2D eigenvalue weighted by Crippen LogP contribution is -2.27. The highest BCUT2D eigenvalue weighted by Crippen LogP contribution is 2.25. The van der Waals surface area contributed by atoms with Crippen molar-refractivity contribution in [3.63, 3.8) is 0 Å². The molecule has 3 aromatic carbocycles. The molecule has 0 atom stereocenters. The standard InChI is InChI=1S/C24H16FNO4S/c25-20-10-4-15(5-11-20)14-26-22(27)21(30-24(26)31)13-16-2-1-3-19(12-16)17-6-8-18(9-7-17)23(28)29/h1-13H,14H2,(H,28,29)/b21-13-. The fourth-order valence-corrected chi connectivity index (χ4v) is 3.41. The average Bonchev–Trinajstić information content (AvgIpc) is 3.03. The lowest BCUT2D eigenvalue weighted by Gasteiger charge is -2.12. The van der Waals surface area contributed by atoms with Crippen molar-refractivity contribution in [1.29, 1.82) is 0 Å². The summed E-state index contributed by atoms with van der Waals surface area (Å²) in [5.41, 5.74) is 3.38. The molecule has 1 saturated heterocycles. The highest BCUT2D eigenvalue weighted by Gasteiger charge is 2.33. The smallest absolute Gasteiger partial charge is 0.335 e. The van der Waals surface area contributed by atoms with Crippen molar-refractivity contribution in [2.75, 3.05) is 0 Å². The Bertz CT molecular complexity index is 1200. The van der Waals surface area contributed by atoms with Crippen LogP contribution in [0.3, 0.4) is 0 Å². The first-order chi connectivity index (χ1) is 14.9. The number of amides is 1. The molecule has 4 rings (SSSR count). The first kappa shape index (κ1) is 20.4. The first-order valence-corrected chi connectivity index (χ1v) is 9.75. The van der Waals surface area contributed by atoms with E-state index in [1.54, 1.807) is 30.3 Å². The van der Waals surface area contributed by atoms with Gasteiger partial charge in [-0.1, -0.05) is 42.5 Å². The second-order valence-electron chi connectivity index (χ2n) is 6.90. The molecule has 1 fully saturated rings. The molecule has 0 unspecified atom stereocenters. The minimum atomic E-state index is -0.983. The summed E-state index contributed by atoms with van der Waals surface area (Å²) >= 11 is 5.19. The third-order valence-corrected chi connectivity index (χ3v) is 5.08. The van der Waals surface area contributed by atoms with Crippen LogP contribution in [-0.2, 0) is 16.1 Å². The molecule has 0 aliphatic carbocycles. The maximum Gasteiger partial charge on any atom is 0.335 e. The number of carboxylic acid groups (broad SMARTS) is 1. The third kappa shape index (κ3) is 4.51. The number of hydrogen-bond donors (Lipinski definition) is 1. The largest absolute Gasteiger partial charge is 0.478 e. The van der Waals surface area contributed by atoms with Crippen LogP contribution in [0.5, 0.6) is 0 Å². The van der Waals surface area contributed by atoms with Gasteiger partial charge in [0.25, 0.3) is 11.1 Å². The molecule has 154 valence electrons. The molecule has 0 saturated carbocycles. The van der Waals surface area contributed by atoms with Gasteiger partial charge in [-0.3, -0.25) is 9.69 Å². The Labute approximate surface area is 183 Å². The van der Waals surface area contributed by atoms with Gasteiger partial charge in [0.1, 0.15) is 5.82 Å². The number of thiocarbonyl (C=S) groups is 1. The number of aromatic carboxylic acids is 1. The van der Waals surface area contributed by atoms with E-state index in [0.29, 0.717) is 0 Å². The normalized spacial score (nSPS) is 14.7. The van der Waals surface area contributed by atoms with Crippen LogP contribution in [0, 0.1) is 5.82 Å². The Balaban J connectivity index is 1.55. The summed E-state index contributed by atoms with van der Waals surface area (Å²) < 4.78 is 18.6. The third-order valence-electron chi connectivity index (χ3n) is 4.78. The monoisotopic (exact) mass is 433 g/mol. The molecule has 0 radical (unpaired) electrons. The Hall–Kier alpha value is -3.84. The lowest BCUT2D eigenvalue weighted by molar-refractivity contribution is -0.123. The van der Waals surface area contributed by atoms with Crippen LogP contribution in [0.15, 0.2) is 78.6 Å². The van der Waals surface area contributed by atoms with Crippen LogP contribution >= 0.6 is 12.2 Å². The van der Waals surface area contributed by atoms with E-state index in [9.17, 15) is 14.0 Å². The van der Waals surface area contributed by atoms with Crippen LogP contribution in [0.25, 0.3) is 17.2 Å². The Morgan fingerprint density at radius 1 is 1.03 bits per heavy atom. The van der Waals surface area contributed by atoms with Gasteiger partial charge in [0.15, 0.2) is 5.76 Å². The maximum absolute atomic E-state index is 13.1. The number of hydrogen-bond acceptors (Lipinski definition) is 4. The number of ether oxygens (including phenoxy) is 1. The SMILES string of the molecule is O=C(O)c1ccc(-c2cccc(/C=C3\OC(=S)N(Cc4ccc(F)cc4)C3=O)c2)cc1. The summed E-state index contributed by atoms with van der Waals surface area (Å²) in [5.74, 6) is -1.60. The number of rotatable bonds is 5. The van der Waals surface area contributed by atoms with Gasteiger partial charge < -0.3 is 9.84 Å². The van der Waals surface area contributed by atoms with Crippen molar-refractivity contribution in [3.05, 3.63) is 101 Å². The zero-order valence-electron chi connectivity index (χ0n) is 16.1. The molecule has 5 nitrogen and oxygen atoms in total. The van der Waals surface area contributed by atoms with Gasteiger partial charge in [0, 0.05) is 0 Å². The summed E-state index contributed by atoms with van der Waals surface area (Å²) in [6.07, 6.45) is 1.61. The summed E-state index contributed by atoms with van der Waals surface area (Å²) in [4.78, 5) is 25.1. The average molecular weight is 433 g/mol. The summed E-state index contributed by atoms with van der Waals surface area (Å²) in [5, 5.41) is 9.08. The van der Waals surface area contributed by atoms with Gasteiger partial charge >= 0.3 is 5.97 Å². The van der Waals surface area contributed by atoms with Crippen LogP contribution in [-0.4, -0.2) is 27.1 Å². The number of benzene rings is 3. The lowest BCUT2D eigenvalue weighted by atomic mass is 10.0. The van der Waals surface area contributed by atoms with Crippen molar-refractivity contribution >= 4 is 35.3 Å². The fraction of sp³-hybridized carbons (Fsp3) is 0.0417. The quantitative estimate of drug-likeness (QED) is 0.459. The van der Waals surface area contributed by atoms with Gasteiger partial charge in [-0.15, -0.1) is 0 Å². The molecule has 1 aliphatic heterocycles. The van der Waals surface area contributed by atoms with Crippen molar-refractivity contribution in [2.45, 2.75) is 6.54 Å². The molecule has 1 aliphatic rings. The molecule has 0 bridgehead atoms. The van der Waals surface area contributed by atoms with Crippen LogP contribution in [0.4, 0.5) is 4.39 Å². The van der Waals surface area contributed by atoms with E-state index in [2.05, 4.69) is 0 Å². The molecule has 1 amide bonds. The zero-order valence-corrected chi connectivity index (χ0v) is 16.9. The molecular weight excluding hydrogens is 417 g/mol. The number of carboxylic acids is 1. The van der Waals surface area contributed by atoms with E-state index in [-0.39, 0.29) is 34.8 Å². The maximum atomic E-state index is 13.1. The van der Waals surface area contributed by atoms with Gasteiger partial charge in [0.2, 0.25) is 0 Å². The second kappa shape index (κ2) is 8.49. The number of halogens is 1. The zero-order chi connectivity index (χ0) is 22.0. The van der Waals surface area contributed by atoms with Gasteiger partial charge in [-0.25, -0.2) is 9.18 Å². The van der Waals surface area contributed by atoms with E-state index in [4.69, 9.17) is 22.1 Å². The topological polar surface area (TPSA) is 66.8 Å². The number of nitrogens with zero attached hydrogens (tertiary/aromatic N) is 1. The van der Waals surface area contributed by atoms with Gasteiger partial charge in [-0.2, -0.15) is 0 Å². The van der Waals surface area contributed by atoms with E-state index in [0.717, 1.165) is 22.3 Å². The van der Waals surface area contributed by atoms with E-state index in [1.807, 2.05) is 24.3 Å². The van der Waals surface area contributed by atoms with E-state index < -0.39 is 5.97 Å². The molecule has 0 aromatic heterocycles. The highest BCUT2D eigenvalue weighted by atomic mass is 32.1. The van der Waals surface area contributed by atoms with Crippen molar-refractivity contribution in [1.82, 2.24) is 4.90 Å². The predicted octanol–water partition coefficient (Wildman–Crippen LogP) is 4.88. The number of carbonyl (C=O) groups excluding carboxylic acids is 1. The molecule has 1 N–H and O–H groups in total. The van der Waals surface area contributed by atoms with Crippen LogP contribution < -0.4 is 0 Å². The summed E-state index contributed by atoms with van der Waals surface area (Å²) in [7, 11) is 0. The number of carbonyl (C=O) groups is 2. The molecule has 0 spiro atoms. The van der Waals surface area contributed by atoms with E-state index in [1.165, 1.54) is 29.2 Å². The van der Waals surface area contributed by atoms with Gasteiger partial charge in [0.05, 0.1) is 12.1 Å². The van der Waals surface area contributed by atoms with Crippen molar-refractivity contribution in [3.8, 4) is 11.1 Å². The van der Waals surface area contributed by atoms with Crippen molar-refractivity contribution < 1.29 is 23.8 Å². The minimum Gasteiger partial charge on any atom is -0.478 e. The Kier molecular flexibility index (Phi) is 5.60. The predicted molar refractivity (Wildman–Crippen MR) is 117 cm³/mol. The Morgan fingerprint density at radius 3 is 2.42 bits per heavy atom. The molecule has 31 heavy (non-hydrogen) atoms. The fourth-order valence-electron chi connectivity index (χ4n) is 3.17. The molecule has 7 heteroatoms. The van der Waals surface area contributed by atoms with Crippen molar-refractivity contribution in [2.24, 2.45) is 0 Å². The summed E-state index contributed by atoms with van der Waals surface area (Å²) in [6.45, 7) is 0.186. The molecule has 1 heterocycles. The summed E-state index contributed by atoms with van der Waals surface area (Å²) in [6, 6.07) is 19.8. The molecule has 3 aromatic rings. The molecular formula is C24H16FNO4S. The van der Waals surface area contributed by atoms with Crippen LogP contribution in [0.2, 0.25) is 0 Å². The van der Waals surface area contributed by atoms with E-state index >= 15 is 0 Å². The Morgan fingerprint density at radius 2 is 1.74 bits per heavy atom. The van der Waals surface area contributed by atoms with Crippen LogP contribution in [0.1, 0.15) is 21.5 Å². The minimum absolute atomic E-state index is 0.0426. The van der Waals surface area contributed by atoms with Gasteiger partial charge in [-0.05, 0) is 70.9 Å². The highest BCUT2D eigenvalue weighted by molar-refractivity contribution is 7.80.